The molecule has 0 spiro atoms. The lowest BCUT2D eigenvalue weighted by atomic mass is 9.98. The molecule has 0 aliphatic heterocycles. The quantitative estimate of drug-likeness (QED) is 0.832. The Bertz CT molecular complexity index is 599. The summed E-state index contributed by atoms with van der Waals surface area (Å²) in [7, 11) is 0. The van der Waals surface area contributed by atoms with E-state index in [2.05, 4.69) is 15.9 Å². The van der Waals surface area contributed by atoms with Crippen LogP contribution in [0.4, 0.5) is 4.39 Å². The third-order valence-electron chi connectivity index (χ3n) is 3.26. The highest BCUT2D eigenvalue weighted by molar-refractivity contribution is 9.10. The standard InChI is InChI=1S/C17H18BrFO2/c1-11(2)17(20)15-13(19)8-9-14(16(15)18)21-10-12-6-4-3-5-7-12/h3-9,11,17,20H,10H2,1-2H3. The number of hydrogen-bond donors (Lipinski definition) is 1. The Morgan fingerprint density at radius 2 is 1.81 bits per heavy atom. The van der Waals surface area contributed by atoms with E-state index in [-0.39, 0.29) is 11.5 Å². The van der Waals surface area contributed by atoms with Gasteiger partial charge in [-0.25, -0.2) is 4.39 Å². The summed E-state index contributed by atoms with van der Waals surface area (Å²) in [5.41, 5.74) is 1.27. The summed E-state index contributed by atoms with van der Waals surface area (Å²) in [6.45, 7) is 4.07. The van der Waals surface area contributed by atoms with Gasteiger partial charge < -0.3 is 9.84 Å². The van der Waals surface area contributed by atoms with Gasteiger partial charge in [0.05, 0.1) is 10.6 Å². The number of benzene rings is 2. The van der Waals surface area contributed by atoms with Crippen LogP contribution in [0.3, 0.4) is 0 Å². The van der Waals surface area contributed by atoms with E-state index in [1.165, 1.54) is 6.07 Å². The maximum absolute atomic E-state index is 14.0. The number of ether oxygens (including phenoxy) is 1. The first-order chi connectivity index (χ1) is 10.0. The molecule has 0 aliphatic rings. The summed E-state index contributed by atoms with van der Waals surface area (Å²) < 4.78 is 20.2. The van der Waals surface area contributed by atoms with E-state index in [0.29, 0.717) is 16.8 Å². The fourth-order valence-corrected chi connectivity index (χ4v) is 2.67. The van der Waals surface area contributed by atoms with Crippen molar-refractivity contribution in [3.63, 3.8) is 0 Å². The van der Waals surface area contributed by atoms with Crippen LogP contribution in [0.1, 0.15) is 31.1 Å². The zero-order chi connectivity index (χ0) is 15.4. The van der Waals surface area contributed by atoms with Crippen LogP contribution in [-0.2, 0) is 6.61 Å². The molecular formula is C17H18BrFO2. The zero-order valence-corrected chi connectivity index (χ0v) is 13.6. The molecule has 1 N–H and O–H groups in total. The lowest BCUT2D eigenvalue weighted by molar-refractivity contribution is 0.121. The van der Waals surface area contributed by atoms with Gasteiger partial charge in [-0.3, -0.25) is 0 Å². The molecule has 0 aromatic heterocycles. The van der Waals surface area contributed by atoms with E-state index in [9.17, 15) is 9.50 Å². The molecule has 0 amide bonds. The van der Waals surface area contributed by atoms with Crippen LogP contribution in [0.15, 0.2) is 46.9 Å². The van der Waals surface area contributed by atoms with Crippen molar-refractivity contribution in [2.24, 2.45) is 5.92 Å². The molecule has 1 unspecified atom stereocenters. The number of hydrogen-bond acceptors (Lipinski definition) is 2. The van der Waals surface area contributed by atoms with Crippen molar-refractivity contribution in [3.8, 4) is 5.75 Å². The molecule has 4 heteroatoms. The average Bonchev–Trinajstić information content (AvgIpc) is 2.47. The van der Waals surface area contributed by atoms with E-state index in [0.717, 1.165) is 5.56 Å². The van der Waals surface area contributed by atoms with Gasteiger partial charge in [0, 0.05) is 5.56 Å². The maximum atomic E-state index is 14.0. The van der Waals surface area contributed by atoms with Crippen molar-refractivity contribution in [1.29, 1.82) is 0 Å². The monoisotopic (exact) mass is 352 g/mol. The van der Waals surface area contributed by atoms with Gasteiger partial charge in [0.2, 0.25) is 0 Å². The van der Waals surface area contributed by atoms with Crippen molar-refractivity contribution >= 4 is 15.9 Å². The first-order valence-electron chi connectivity index (χ1n) is 6.83. The Labute approximate surface area is 132 Å². The summed E-state index contributed by atoms with van der Waals surface area (Å²) in [5.74, 6) is 0.00487. The normalized spacial score (nSPS) is 12.5. The molecule has 0 saturated heterocycles. The Hall–Kier alpha value is -1.39. The molecule has 0 fully saturated rings. The molecule has 2 rings (SSSR count). The Morgan fingerprint density at radius 1 is 1.14 bits per heavy atom. The first kappa shape index (κ1) is 16.0. The summed E-state index contributed by atoms with van der Waals surface area (Å²) in [6, 6.07) is 12.6. The zero-order valence-electron chi connectivity index (χ0n) is 12.0. The molecule has 0 heterocycles. The molecule has 112 valence electrons. The number of halogens is 2. The SMILES string of the molecule is CC(C)C(O)c1c(F)ccc(OCc2ccccc2)c1Br. The van der Waals surface area contributed by atoms with Crippen molar-refractivity contribution in [1.82, 2.24) is 0 Å². The smallest absolute Gasteiger partial charge is 0.134 e. The van der Waals surface area contributed by atoms with Gasteiger partial charge in [0.25, 0.3) is 0 Å². The summed E-state index contributed by atoms with van der Waals surface area (Å²) in [4.78, 5) is 0. The molecule has 2 nitrogen and oxygen atoms in total. The van der Waals surface area contributed by atoms with Gasteiger partial charge in [-0.1, -0.05) is 44.2 Å². The van der Waals surface area contributed by atoms with Crippen molar-refractivity contribution in [2.75, 3.05) is 0 Å². The van der Waals surface area contributed by atoms with Gasteiger partial charge in [0.15, 0.2) is 0 Å². The molecule has 0 aliphatic carbocycles. The third-order valence-corrected chi connectivity index (χ3v) is 4.07. The molecule has 0 saturated carbocycles. The van der Waals surface area contributed by atoms with Crippen LogP contribution in [0.2, 0.25) is 0 Å². The molecule has 1 atom stereocenters. The van der Waals surface area contributed by atoms with Crippen molar-refractivity contribution < 1.29 is 14.2 Å². The predicted octanol–water partition coefficient (Wildman–Crippen LogP) is 4.86. The highest BCUT2D eigenvalue weighted by atomic mass is 79.9. The minimum absolute atomic E-state index is 0.0832. The molecule has 2 aromatic carbocycles. The second-order valence-electron chi connectivity index (χ2n) is 5.24. The van der Waals surface area contributed by atoms with Gasteiger partial charge in [-0.2, -0.15) is 0 Å². The van der Waals surface area contributed by atoms with E-state index >= 15 is 0 Å². The Morgan fingerprint density at radius 3 is 2.43 bits per heavy atom. The van der Waals surface area contributed by atoms with Gasteiger partial charge in [0.1, 0.15) is 18.2 Å². The van der Waals surface area contributed by atoms with Crippen LogP contribution in [0.25, 0.3) is 0 Å². The fraction of sp³-hybridized carbons (Fsp3) is 0.294. The summed E-state index contributed by atoms with van der Waals surface area (Å²) in [5, 5.41) is 10.1. The lowest BCUT2D eigenvalue weighted by Gasteiger charge is -2.19. The van der Waals surface area contributed by atoms with Crippen molar-refractivity contribution in [2.45, 2.75) is 26.6 Å². The number of rotatable bonds is 5. The fourth-order valence-electron chi connectivity index (χ4n) is 2.00. The molecule has 0 radical (unpaired) electrons. The van der Waals surface area contributed by atoms with Crippen LogP contribution >= 0.6 is 15.9 Å². The van der Waals surface area contributed by atoms with Crippen LogP contribution in [0, 0.1) is 11.7 Å². The predicted molar refractivity (Wildman–Crippen MR) is 84.7 cm³/mol. The largest absolute Gasteiger partial charge is 0.488 e. The van der Waals surface area contributed by atoms with Crippen LogP contribution in [0.5, 0.6) is 5.75 Å². The first-order valence-corrected chi connectivity index (χ1v) is 7.62. The Balaban J connectivity index is 2.23. The summed E-state index contributed by atoms with van der Waals surface area (Å²) >= 11 is 3.35. The van der Waals surface area contributed by atoms with Gasteiger partial charge >= 0.3 is 0 Å². The van der Waals surface area contributed by atoms with Gasteiger partial charge in [-0.05, 0) is 39.5 Å². The second-order valence-corrected chi connectivity index (χ2v) is 6.03. The van der Waals surface area contributed by atoms with Crippen LogP contribution in [-0.4, -0.2) is 5.11 Å². The minimum atomic E-state index is -0.875. The number of aliphatic hydroxyl groups is 1. The molecule has 0 bridgehead atoms. The van der Waals surface area contributed by atoms with E-state index in [1.807, 2.05) is 44.2 Å². The molecular weight excluding hydrogens is 335 g/mol. The van der Waals surface area contributed by atoms with E-state index < -0.39 is 11.9 Å². The molecule has 2 aromatic rings. The average molecular weight is 353 g/mol. The third kappa shape index (κ3) is 3.83. The summed E-state index contributed by atoms with van der Waals surface area (Å²) in [6.07, 6.45) is -0.875. The van der Waals surface area contributed by atoms with Gasteiger partial charge in [-0.15, -0.1) is 0 Å². The van der Waals surface area contributed by atoms with E-state index in [4.69, 9.17) is 4.74 Å². The highest BCUT2D eigenvalue weighted by Gasteiger charge is 2.22. The van der Waals surface area contributed by atoms with Crippen LogP contribution < -0.4 is 4.74 Å². The Kier molecular flexibility index (Phi) is 5.37. The van der Waals surface area contributed by atoms with E-state index in [1.54, 1.807) is 6.07 Å². The lowest BCUT2D eigenvalue weighted by Crippen LogP contribution is -2.09. The highest BCUT2D eigenvalue weighted by Crippen LogP contribution is 2.37. The molecule has 21 heavy (non-hydrogen) atoms. The van der Waals surface area contributed by atoms with Crippen molar-refractivity contribution in [3.05, 3.63) is 63.9 Å². The minimum Gasteiger partial charge on any atom is -0.488 e. The maximum Gasteiger partial charge on any atom is 0.134 e. The topological polar surface area (TPSA) is 29.5 Å². The second kappa shape index (κ2) is 7.05. The number of aliphatic hydroxyl groups excluding tert-OH is 1.